The summed E-state index contributed by atoms with van der Waals surface area (Å²) in [6, 6.07) is 7.17. The fourth-order valence-electron chi connectivity index (χ4n) is 5.13. The molecule has 1 aromatic carbocycles. The van der Waals surface area contributed by atoms with Crippen LogP contribution in [0.2, 0.25) is 10.2 Å². The van der Waals surface area contributed by atoms with Crippen LogP contribution in [0.25, 0.3) is 0 Å². The highest BCUT2D eigenvalue weighted by Crippen LogP contribution is 2.51. The van der Waals surface area contributed by atoms with Crippen molar-refractivity contribution in [2.75, 3.05) is 6.54 Å². The minimum Gasteiger partial charge on any atom is -0.481 e. The van der Waals surface area contributed by atoms with E-state index < -0.39 is 56.2 Å². The van der Waals surface area contributed by atoms with Gasteiger partial charge in [-0.05, 0) is 62.8 Å². The number of nitriles is 1. The fourth-order valence-corrected chi connectivity index (χ4v) is 7.47. The van der Waals surface area contributed by atoms with Gasteiger partial charge in [-0.15, -0.1) is 0 Å². The van der Waals surface area contributed by atoms with Crippen LogP contribution in [0, 0.1) is 11.3 Å². The lowest BCUT2D eigenvalue weighted by molar-refractivity contribution is -0.189. The zero-order valence-corrected chi connectivity index (χ0v) is 24.4. The Kier molecular flexibility index (Phi) is 7.65. The summed E-state index contributed by atoms with van der Waals surface area (Å²) in [5, 5.41) is 10.8. The second-order valence-corrected chi connectivity index (χ2v) is 13.9. The summed E-state index contributed by atoms with van der Waals surface area (Å²) in [7, 11) is -4.28. The van der Waals surface area contributed by atoms with E-state index in [0.29, 0.717) is 31.2 Å². The Morgan fingerprint density at radius 3 is 2.40 bits per heavy atom. The van der Waals surface area contributed by atoms with Gasteiger partial charge < -0.3 is 15.0 Å². The molecule has 3 atom stereocenters. The average Bonchev–Trinajstić information content (AvgIpc) is 3.84. The standard InChI is InChI=1S/C27H25Cl2F3N4O5S/c1-15(27(30,31)32)41-17-3-4-21(19(28)10-17)42(39,40)18-11-20(23(37)35-25(14-33)6-7-25)36(13-18)24(38)26(8-9-26)16-2-5-22(29)34-12-16/h2-5,10,12,15,18,20H,6-9,11,13H2,1H3,(H,35,37)/t15-,18+,20-/m0/s1. The average molecular weight is 645 g/mol. The summed E-state index contributed by atoms with van der Waals surface area (Å²) in [6.07, 6.45) is -3.78. The molecule has 9 nitrogen and oxygen atoms in total. The van der Waals surface area contributed by atoms with Crippen LogP contribution in [-0.2, 0) is 24.8 Å². The number of amides is 2. The van der Waals surface area contributed by atoms with E-state index in [9.17, 15) is 36.4 Å². The molecule has 3 aliphatic rings. The number of alkyl halides is 3. The summed E-state index contributed by atoms with van der Waals surface area (Å²) in [4.78, 5) is 32.3. The topological polar surface area (TPSA) is 129 Å². The molecule has 1 N–H and O–H groups in total. The highest BCUT2D eigenvalue weighted by atomic mass is 35.5. The van der Waals surface area contributed by atoms with E-state index in [4.69, 9.17) is 27.9 Å². The van der Waals surface area contributed by atoms with Crippen molar-refractivity contribution in [3.8, 4) is 11.8 Å². The first kappa shape index (κ1) is 30.4. The molecule has 1 aromatic heterocycles. The largest absolute Gasteiger partial charge is 0.481 e. The quantitative estimate of drug-likeness (QED) is 0.423. The number of rotatable bonds is 8. The first-order chi connectivity index (χ1) is 19.6. The molecule has 0 unspecified atom stereocenters. The van der Waals surface area contributed by atoms with Gasteiger partial charge in [0.1, 0.15) is 22.5 Å². The van der Waals surface area contributed by atoms with Gasteiger partial charge in [-0.3, -0.25) is 9.59 Å². The van der Waals surface area contributed by atoms with Crippen molar-refractivity contribution in [2.45, 2.75) is 78.4 Å². The Morgan fingerprint density at radius 1 is 1.19 bits per heavy atom. The van der Waals surface area contributed by atoms with E-state index in [1.165, 1.54) is 11.1 Å². The molecule has 2 amide bonds. The SMILES string of the molecule is C[C@H](Oc1ccc(S(=O)(=O)[C@@H]2C[C@@H](C(=O)NC3(C#N)CC3)N(C(=O)C3(c4ccc(Cl)nc4)CC3)C2)c(Cl)c1)C(F)(F)F. The number of carbonyl (C=O) groups excluding carboxylic acids is 2. The summed E-state index contributed by atoms with van der Waals surface area (Å²) in [5.41, 5.74) is -1.45. The Morgan fingerprint density at radius 2 is 1.88 bits per heavy atom. The molecule has 0 spiro atoms. The van der Waals surface area contributed by atoms with Crippen molar-refractivity contribution in [3.05, 3.63) is 52.3 Å². The highest BCUT2D eigenvalue weighted by molar-refractivity contribution is 7.92. The van der Waals surface area contributed by atoms with E-state index >= 15 is 0 Å². The van der Waals surface area contributed by atoms with Crippen LogP contribution in [0.4, 0.5) is 13.2 Å². The van der Waals surface area contributed by atoms with Gasteiger partial charge in [0, 0.05) is 18.8 Å². The predicted molar refractivity (Wildman–Crippen MR) is 145 cm³/mol. The molecule has 0 radical (unpaired) electrons. The Bertz CT molecular complexity index is 1570. The van der Waals surface area contributed by atoms with Crippen LogP contribution in [-0.4, -0.2) is 65.8 Å². The third kappa shape index (κ3) is 5.64. The van der Waals surface area contributed by atoms with E-state index in [2.05, 4.69) is 16.4 Å². The first-order valence-electron chi connectivity index (χ1n) is 13.1. The van der Waals surface area contributed by atoms with Crippen LogP contribution < -0.4 is 10.1 Å². The number of nitrogens with one attached hydrogen (secondary N) is 1. The molecular weight excluding hydrogens is 620 g/mol. The van der Waals surface area contributed by atoms with Gasteiger partial charge in [0.15, 0.2) is 15.9 Å². The van der Waals surface area contributed by atoms with Gasteiger partial charge in [-0.25, -0.2) is 13.4 Å². The molecule has 2 heterocycles. The van der Waals surface area contributed by atoms with Crippen molar-refractivity contribution < 1.29 is 35.9 Å². The summed E-state index contributed by atoms with van der Waals surface area (Å²) < 4.78 is 71.1. The van der Waals surface area contributed by atoms with Crippen LogP contribution in [0.5, 0.6) is 5.75 Å². The molecule has 2 aromatic rings. The Labute approximate surface area is 249 Å². The number of benzene rings is 1. The number of likely N-dealkylation sites (tertiary alicyclic amines) is 1. The number of ether oxygens (including phenoxy) is 1. The van der Waals surface area contributed by atoms with Gasteiger partial charge >= 0.3 is 6.18 Å². The van der Waals surface area contributed by atoms with E-state index in [1.54, 1.807) is 12.1 Å². The number of hydrogen-bond donors (Lipinski definition) is 1. The lowest BCUT2D eigenvalue weighted by Gasteiger charge is -2.29. The molecule has 0 bridgehead atoms. The molecule has 1 saturated heterocycles. The number of sulfone groups is 1. The summed E-state index contributed by atoms with van der Waals surface area (Å²) in [5.74, 6) is -1.36. The third-order valence-corrected chi connectivity index (χ3v) is 10.9. The van der Waals surface area contributed by atoms with E-state index in [-0.39, 0.29) is 33.8 Å². The van der Waals surface area contributed by atoms with Gasteiger partial charge in [-0.1, -0.05) is 29.3 Å². The molecule has 5 rings (SSSR count). The lowest BCUT2D eigenvalue weighted by atomic mass is 9.95. The van der Waals surface area contributed by atoms with E-state index in [1.807, 2.05) is 0 Å². The number of halogens is 5. The summed E-state index contributed by atoms with van der Waals surface area (Å²) >= 11 is 12.1. The molecule has 42 heavy (non-hydrogen) atoms. The lowest BCUT2D eigenvalue weighted by Crippen LogP contribution is -2.51. The molecule has 224 valence electrons. The predicted octanol–water partition coefficient (Wildman–Crippen LogP) is 4.37. The normalized spacial score (nSPS) is 23.0. The molecule has 1 aliphatic heterocycles. The number of carbonyl (C=O) groups is 2. The number of aromatic nitrogens is 1. The van der Waals surface area contributed by atoms with E-state index in [0.717, 1.165) is 25.1 Å². The minimum atomic E-state index is -4.64. The molecule has 2 aliphatic carbocycles. The van der Waals surface area contributed by atoms with Gasteiger partial charge in [0.25, 0.3) is 0 Å². The second kappa shape index (κ2) is 10.6. The van der Waals surface area contributed by atoms with Crippen LogP contribution in [0.1, 0.15) is 44.6 Å². The maximum absolute atomic E-state index is 14.0. The van der Waals surface area contributed by atoms with Gasteiger partial charge in [0.2, 0.25) is 11.8 Å². The fraction of sp³-hybridized carbons (Fsp3) is 0.481. The van der Waals surface area contributed by atoms with Crippen molar-refractivity contribution in [1.82, 2.24) is 15.2 Å². The van der Waals surface area contributed by atoms with Crippen LogP contribution in [0.15, 0.2) is 41.4 Å². The molecular formula is C27H25Cl2F3N4O5S. The number of nitrogens with zero attached hydrogens (tertiary/aromatic N) is 3. The highest BCUT2D eigenvalue weighted by Gasteiger charge is 2.58. The van der Waals surface area contributed by atoms with Gasteiger partial charge in [-0.2, -0.15) is 18.4 Å². The molecule has 3 fully saturated rings. The number of hydrogen-bond acceptors (Lipinski definition) is 7. The smallest absolute Gasteiger partial charge is 0.425 e. The van der Waals surface area contributed by atoms with Crippen molar-refractivity contribution in [3.63, 3.8) is 0 Å². The Balaban J connectivity index is 1.43. The van der Waals surface area contributed by atoms with Crippen LogP contribution in [0.3, 0.4) is 0 Å². The Hall–Kier alpha value is -3.08. The molecule has 2 saturated carbocycles. The zero-order chi connectivity index (χ0) is 30.7. The first-order valence-corrected chi connectivity index (χ1v) is 15.4. The maximum Gasteiger partial charge on any atom is 0.425 e. The minimum absolute atomic E-state index is 0.235. The van der Waals surface area contributed by atoms with Crippen molar-refractivity contribution in [2.24, 2.45) is 0 Å². The third-order valence-electron chi connectivity index (χ3n) is 8.01. The van der Waals surface area contributed by atoms with Crippen LogP contribution >= 0.6 is 23.2 Å². The summed E-state index contributed by atoms with van der Waals surface area (Å²) in [6.45, 7) is 0.472. The van der Waals surface area contributed by atoms with Crippen molar-refractivity contribution >= 4 is 44.9 Å². The number of pyridine rings is 1. The second-order valence-electron chi connectivity index (χ2n) is 10.9. The zero-order valence-electron chi connectivity index (χ0n) is 22.1. The monoisotopic (exact) mass is 644 g/mol. The maximum atomic E-state index is 14.0. The van der Waals surface area contributed by atoms with Crippen molar-refractivity contribution in [1.29, 1.82) is 5.26 Å². The molecule has 15 heteroatoms. The van der Waals surface area contributed by atoms with Gasteiger partial charge in [0.05, 0.1) is 26.7 Å².